The molecule has 0 aromatic heterocycles. The predicted molar refractivity (Wildman–Crippen MR) is 75.7 cm³/mol. The first-order valence-electron chi connectivity index (χ1n) is 7.09. The highest BCUT2D eigenvalue weighted by Crippen LogP contribution is 2.31. The minimum absolute atomic E-state index is 0.0200. The van der Waals surface area contributed by atoms with E-state index in [4.69, 9.17) is 0 Å². The highest BCUT2D eigenvalue weighted by molar-refractivity contribution is 5.50. The van der Waals surface area contributed by atoms with Crippen molar-refractivity contribution >= 4 is 5.69 Å². The van der Waals surface area contributed by atoms with E-state index >= 15 is 0 Å². The van der Waals surface area contributed by atoms with Gasteiger partial charge in [-0.05, 0) is 43.0 Å². The molecule has 0 radical (unpaired) electrons. The first-order chi connectivity index (χ1) is 9.51. The summed E-state index contributed by atoms with van der Waals surface area (Å²) in [6.07, 6.45) is 1.18. The van der Waals surface area contributed by atoms with Crippen LogP contribution in [0.15, 0.2) is 12.1 Å². The first-order valence-corrected chi connectivity index (χ1v) is 7.09. The van der Waals surface area contributed by atoms with Crippen LogP contribution in [0.25, 0.3) is 0 Å². The molecule has 0 atom stereocenters. The van der Waals surface area contributed by atoms with Gasteiger partial charge in [0.15, 0.2) is 0 Å². The van der Waals surface area contributed by atoms with E-state index in [2.05, 4.69) is 5.32 Å². The summed E-state index contributed by atoms with van der Waals surface area (Å²) in [5, 5.41) is 12.3. The van der Waals surface area contributed by atoms with Gasteiger partial charge in [0.1, 0.15) is 17.3 Å². The molecule has 1 fully saturated rings. The smallest absolute Gasteiger partial charge is 0.149 e. The fraction of sp³-hybridized carbons (Fsp3) is 0.600. The van der Waals surface area contributed by atoms with Crippen molar-refractivity contribution in [3.63, 3.8) is 0 Å². The number of rotatable bonds is 6. The maximum absolute atomic E-state index is 14.1. The molecule has 112 valence electrons. The average Bonchev–Trinajstić information content (AvgIpc) is 2.33. The molecule has 3 nitrogen and oxygen atoms in total. The van der Waals surface area contributed by atoms with Crippen LogP contribution in [0, 0.1) is 17.6 Å². The summed E-state index contributed by atoms with van der Waals surface area (Å²) in [7, 11) is 1.69. The molecule has 0 unspecified atom stereocenters. The van der Waals surface area contributed by atoms with E-state index in [1.54, 1.807) is 11.9 Å². The fourth-order valence-corrected chi connectivity index (χ4v) is 2.68. The molecule has 0 aliphatic heterocycles. The summed E-state index contributed by atoms with van der Waals surface area (Å²) in [6, 6.07) is 2.76. The minimum Gasteiger partial charge on any atom is -0.393 e. The van der Waals surface area contributed by atoms with E-state index in [-0.39, 0.29) is 11.8 Å². The van der Waals surface area contributed by atoms with Gasteiger partial charge >= 0.3 is 0 Å². The standard InChI is InChI=1S/C15H22F2N2O/c1-3-18-8-10-6-13(16)15(14(17)7-10)19(2)9-11-4-12(20)5-11/h6-7,11-12,18,20H,3-5,8-9H2,1-2H3. The maximum atomic E-state index is 14.1. The van der Waals surface area contributed by atoms with Gasteiger partial charge < -0.3 is 15.3 Å². The van der Waals surface area contributed by atoms with E-state index < -0.39 is 11.6 Å². The van der Waals surface area contributed by atoms with Crippen molar-refractivity contribution in [1.29, 1.82) is 0 Å². The van der Waals surface area contributed by atoms with E-state index in [1.165, 1.54) is 12.1 Å². The van der Waals surface area contributed by atoms with Gasteiger partial charge in [-0.3, -0.25) is 0 Å². The number of nitrogens with zero attached hydrogens (tertiary/aromatic N) is 1. The number of aliphatic hydroxyl groups is 1. The summed E-state index contributed by atoms with van der Waals surface area (Å²) < 4.78 is 28.2. The minimum atomic E-state index is -0.528. The Hall–Kier alpha value is -1.20. The third-order valence-corrected chi connectivity index (χ3v) is 3.78. The zero-order valence-corrected chi connectivity index (χ0v) is 12.0. The van der Waals surface area contributed by atoms with Crippen molar-refractivity contribution in [2.75, 3.05) is 25.0 Å². The lowest BCUT2D eigenvalue weighted by Gasteiger charge is -2.35. The Balaban J connectivity index is 2.06. The summed E-state index contributed by atoms with van der Waals surface area (Å²) in [4.78, 5) is 1.61. The van der Waals surface area contributed by atoms with Crippen molar-refractivity contribution in [2.45, 2.75) is 32.4 Å². The number of nitrogens with one attached hydrogen (secondary N) is 1. The monoisotopic (exact) mass is 284 g/mol. The summed E-state index contributed by atoms with van der Waals surface area (Å²) in [6.45, 7) is 3.73. The third kappa shape index (κ3) is 3.46. The number of hydrogen-bond acceptors (Lipinski definition) is 3. The Morgan fingerprint density at radius 1 is 1.30 bits per heavy atom. The Morgan fingerprint density at radius 2 is 1.90 bits per heavy atom. The highest BCUT2D eigenvalue weighted by atomic mass is 19.1. The summed E-state index contributed by atoms with van der Waals surface area (Å²) in [5.41, 5.74) is 0.629. The molecule has 1 saturated carbocycles. The molecule has 1 aliphatic rings. The number of aliphatic hydroxyl groups excluding tert-OH is 1. The van der Waals surface area contributed by atoms with Gasteiger partial charge in [0.25, 0.3) is 0 Å². The van der Waals surface area contributed by atoms with Crippen LogP contribution in [0.3, 0.4) is 0 Å². The van der Waals surface area contributed by atoms with Crippen molar-refractivity contribution in [2.24, 2.45) is 5.92 Å². The Kier molecular flexibility index (Phi) is 4.94. The average molecular weight is 284 g/mol. The largest absolute Gasteiger partial charge is 0.393 e. The number of anilines is 1. The molecule has 20 heavy (non-hydrogen) atoms. The van der Waals surface area contributed by atoms with Crippen LogP contribution in [0.1, 0.15) is 25.3 Å². The van der Waals surface area contributed by atoms with E-state index in [1.807, 2.05) is 6.92 Å². The lowest BCUT2D eigenvalue weighted by Crippen LogP contribution is -2.37. The second kappa shape index (κ2) is 6.50. The molecule has 0 saturated heterocycles. The molecule has 0 heterocycles. The van der Waals surface area contributed by atoms with Gasteiger partial charge in [-0.15, -0.1) is 0 Å². The lowest BCUT2D eigenvalue weighted by atomic mass is 9.82. The topological polar surface area (TPSA) is 35.5 Å². The normalized spacial score (nSPS) is 21.6. The van der Waals surface area contributed by atoms with Crippen LogP contribution in [0.5, 0.6) is 0 Å². The summed E-state index contributed by atoms with van der Waals surface area (Å²) in [5.74, 6) is -0.740. The lowest BCUT2D eigenvalue weighted by molar-refractivity contribution is 0.0464. The third-order valence-electron chi connectivity index (χ3n) is 3.78. The molecule has 2 N–H and O–H groups in total. The van der Waals surface area contributed by atoms with Crippen LogP contribution in [0.4, 0.5) is 14.5 Å². The fourth-order valence-electron chi connectivity index (χ4n) is 2.68. The van der Waals surface area contributed by atoms with Gasteiger partial charge in [-0.1, -0.05) is 6.92 Å². The van der Waals surface area contributed by atoms with Crippen molar-refractivity contribution in [1.82, 2.24) is 5.32 Å². The quantitative estimate of drug-likeness (QED) is 0.841. The van der Waals surface area contributed by atoms with Crippen molar-refractivity contribution in [3.05, 3.63) is 29.3 Å². The van der Waals surface area contributed by atoms with Gasteiger partial charge in [-0.2, -0.15) is 0 Å². The van der Waals surface area contributed by atoms with Crippen molar-refractivity contribution < 1.29 is 13.9 Å². The SMILES string of the molecule is CCNCc1cc(F)c(N(C)CC2CC(O)C2)c(F)c1. The molecule has 0 bridgehead atoms. The molecule has 1 aromatic rings. The molecule has 2 rings (SSSR count). The molecule has 1 aliphatic carbocycles. The maximum Gasteiger partial charge on any atom is 0.149 e. The molecule has 0 spiro atoms. The molecule has 1 aromatic carbocycles. The van der Waals surface area contributed by atoms with Gasteiger partial charge in [0.2, 0.25) is 0 Å². The van der Waals surface area contributed by atoms with E-state index in [0.717, 1.165) is 6.54 Å². The molecule has 0 amide bonds. The Bertz CT molecular complexity index is 438. The molecular weight excluding hydrogens is 262 g/mol. The van der Waals surface area contributed by atoms with E-state index in [9.17, 15) is 13.9 Å². The van der Waals surface area contributed by atoms with Gasteiger partial charge in [0, 0.05) is 20.1 Å². The molecular formula is C15H22F2N2O. The zero-order chi connectivity index (χ0) is 14.7. The zero-order valence-electron chi connectivity index (χ0n) is 12.0. The first kappa shape index (κ1) is 15.2. The number of benzene rings is 1. The van der Waals surface area contributed by atoms with Crippen molar-refractivity contribution in [3.8, 4) is 0 Å². The van der Waals surface area contributed by atoms with Crippen LogP contribution in [-0.4, -0.2) is 31.3 Å². The summed E-state index contributed by atoms with van der Waals surface area (Å²) >= 11 is 0. The van der Waals surface area contributed by atoms with Gasteiger partial charge in [-0.25, -0.2) is 8.78 Å². The highest BCUT2D eigenvalue weighted by Gasteiger charge is 2.29. The van der Waals surface area contributed by atoms with Crippen LogP contribution >= 0.6 is 0 Å². The number of halogens is 2. The van der Waals surface area contributed by atoms with Crippen LogP contribution in [-0.2, 0) is 6.54 Å². The van der Waals surface area contributed by atoms with Crippen LogP contribution < -0.4 is 10.2 Å². The van der Waals surface area contributed by atoms with E-state index in [0.29, 0.717) is 37.4 Å². The van der Waals surface area contributed by atoms with Gasteiger partial charge in [0.05, 0.1) is 6.10 Å². The molecule has 5 heteroatoms. The number of hydrogen-bond donors (Lipinski definition) is 2. The van der Waals surface area contributed by atoms with Crippen LogP contribution in [0.2, 0.25) is 0 Å². The Morgan fingerprint density at radius 3 is 2.40 bits per heavy atom. The second-order valence-corrected chi connectivity index (χ2v) is 5.56. The Labute approximate surface area is 118 Å². The second-order valence-electron chi connectivity index (χ2n) is 5.56. The predicted octanol–water partition coefficient (Wildman–Crippen LogP) is 2.28.